The zero-order chi connectivity index (χ0) is 15.0. The Balaban J connectivity index is 2.50. The number of para-hydroxylation sites is 1. The summed E-state index contributed by atoms with van der Waals surface area (Å²) in [6.07, 6.45) is 0.325. The van der Waals surface area contributed by atoms with E-state index in [2.05, 4.69) is 4.74 Å². The van der Waals surface area contributed by atoms with Gasteiger partial charge in [-0.2, -0.15) is 0 Å². The SMILES string of the molecule is CCN(C(=O)CSC(C)CC(=O)OC)c1ccccc1. The summed E-state index contributed by atoms with van der Waals surface area (Å²) in [5.74, 6) is 0.175. The van der Waals surface area contributed by atoms with E-state index in [0.717, 1.165) is 5.69 Å². The second-order valence-electron chi connectivity index (χ2n) is 4.38. The van der Waals surface area contributed by atoms with Gasteiger partial charge >= 0.3 is 5.97 Å². The Hall–Kier alpha value is -1.49. The van der Waals surface area contributed by atoms with Crippen LogP contribution in [-0.2, 0) is 14.3 Å². The highest BCUT2D eigenvalue weighted by Gasteiger charge is 2.16. The summed E-state index contributed by atoms with van der Waals surface area (Å²) in [4.78, 5) is 25.1. The molecule has 1 unspecified atom stereocenters. The Morgan fingerprint density at radius 3 is 2.50 bits per heavy atom. The molecule has 5 heteroatoms. The molecule has 0 saturated carbocycles. The molecular weight excluding hydrogens is 274 g/mol. The molecule has 4 nitrogen and oxygen atoms in total. The van der Waals surface area contributed by atoms with Crippen LogP contribution < -0.4 is 4.90 Å². The number of nitrogens with zero attached hydrogens (tertiary/aromatic N) is 1. The highest BCUT2D eigenvalue weighted by Crippen LogP contribution is 2.18. The molecule has 1 rings (SSSR count). The van der Waals surface area contributed by atoms with Crippen molar-refractivity contribution in [2.45, 2.75) is 25.5 Å². The molecule has 1 atom stereocenters. The molecule has 0 saturated heterocycles. The van der Waals surface area contributed by atoms with Gasteiger partial charge in [0, 0.05) is 17.5 Å². The Labute approximate surface area is 124 Å². The van der Waals surface area contributed by atoms with Crippen molar-refractivity contribution in [3.05, 3.63) is 30.3 Å². The number of benzene rings is 1. The number of carbonyl (C=O) groups excluding carboxylic acids is 2. The van der Waals surface area contributed by atoms with E-state index in [1.54, 1.807) is 4.90 Å². The second kappa shape index (κ2) is 8.64. The van der Waals surface area contributed by atoms with Gasteiger partial charge in [-0.05, 0) is 19.1 Å². The summed E-state index contributed by atoms with van der Waals surface area (Å²) in [6, 6.07) is 9.60. The standard InChI is InChI=1S/C15H21NO3S/c1-4-16(13-8-6-5-7-9-13)14(17)11-20-12(2)10-15(18)19-3/h5-9,12H,4,10-11H2,1-3H3. The van der Waals surface area contributed by atoms with Crippen molar-refractivity contribution in [2.24, 2.45) is 0 Å². The van der Waals surface area contributed by atoms with E-state index in [-0.39, 0.29) is 17.1 Å². The summed E-state index contributed by atoms with van der Waals surface area (Å²) < 4.78 is 4.62. The van der Waals surface area contributed by atoms with E-state index in [1.807, 2.05) is 44.2 Å². The quantitative estimate of drug-likeness (QED) is 0.726. The van der Waals surface area contributed by atoms with Crippen molar-refractivity contribution in [1.82, 2.24) is 0 Å². The molecule has 110 valence electrons. The fourth-order valence-electron chi connectivity index (χ4n) is 1.78. The largest absolute Gasteiger partial charge is 0.469 e. The highest BCUT2D eigenvalue weighted by atomic mass is 32.2. The number of rotatable bonds is 7. The van der Waals surface area contributed by atoms with E-state index in [4.69, 9.17) is 0 Å². The van der Waals surface area contributed by atoms with Crippen molar-refractivity contribution in [3.63, 3.8) is 0 Å². The molecule has 0 aliphatic heterocycles. The fourth-order valence-corrected chi connectivity index (χ4v) is 2.62. The molecule has 20 heavy (non-hydrogen) atoms. The van der Waals surface area contributed by atoms with Gasteiger partial charge in [-0.3, -0.25) is 9.59 Å². The molecule has 1 amide bonds. The van der Waals surface area contributed by atoms with Crippen LogP contribution >= 0.6 is 11.8 Å². The number of anilines is 1. The van der Waals surface area contributed by atoms with E-state index >= 15 is 0 Å². The monoisotopic (exact) mass is 295 g/mol. The first kappa shape index (κ1) is 16.6. The lowest BCUT2D eigenvalue weighted by Crippen LogP contribution is -2.32. The Morgan fingerprint density at radius 2 is 1.95 bits per heavy atom. The zero-order valence-electron chi connectivity index (χ0n) is 12.2. The third kappa shape index (κ3) is 5.25. The van der Waals surface area contributed by atoms with Crippen molar-refractivity contribution in [2.75, 3.05) is 24.3 Å². The summed E-state index contributed by atoms with van der Waals surface area (Å²) >= 11 is 1.47. The van der Waals surface area contributed by atoms with Gasteiger partial charge < -0.3 is 9.64 Å². The van der Waals surface area contributed by atoms with Crippen LogP contribution in [0, 0.1) is 0 Å². The number of hydrogen-bond acceptors (Lipinski definition) is 4. The highest BCUT2D eigenvalue weighted by molar-refractivity contribution is 8.00. The number of methoxy groups -OCH3 is 1. The molecule has 0 fully saturated rings. The van der Waals surface area contributed by atoms with Crippen LogP contribution in [-0.4, -0.2) is 36.5 Å². The van der Waals surface area contributed by atoms with Crippen LogP contribution in [0.4, 0.5) is 5.69 Å². The topological polar surface area (TPSA) is 46.6 Å². The molecule has 1 aromatic carbocycles. The Morgan fingerprint density at radius 1 is 1.30 bits per heavy atom. The van der Waals surface area contributed by atoms with Crippen molar-refractivity contribution >= 4 is 29.3 Å². The lowest BCUT2D eigenvalue weighted by Gasteiger charge is -2.21. The van der Waals surface area contributed by atoms with Crippen LogP contribution in [0.3, 0.4) is 0 Å². The van der Waals surface area contributed by atoms with E-state index in [9.17, 15) is 9.59 Å². The van der Waals surface area contributed by atoms with E-state index < -0.39 is 0 Å². The minimum absolute atomic E-state index is 0.0559. The first-order valence-electron chi connectivity index (χ1n) is 6.62. The minimum atomic E-state index is -0.243. The number of carbonyl (C=O) groups is 2. The molecule has 0 spiro atoms. The maximum atomic E-state index is 12.2. The normalized spacial score (nSPS) is 11.8. The molecule has 0 N–H and O–H groups in total. The predicted octanol–water partition coefficient (Wildman–Crippen LogP) is 2.72. The Bertz CT molecular complexity index is 436. The second-order valence-corrected chi connectivity index (χ2v) is 5.80. The minimum Gasteiger partial charge on any atom is -0.469 e. The van der Waals surface area contributed by atoms with Gasteiger partial charge in [0.05, 0.1) is 19.3 Å². The van der Waals surface area contributed by atoms with Gasteiger partial charge in [-0.25, -0.2) is 0 Å². The molecular formula is C15H21NO3S. The van der Waals surface area contributed by atoms with E-state index in [1.165, 1.54) is 18.9 Å². The first-order chi connectivity index (χ1) is 9.58. The summed E-state index contributed by atoms with van der Waals surface area (Å²) in [7, 11) is 1.37. The van der Waals surface area contributed by atoms with Crippen LogP contribution in [0.5, 0.6) is 0 Å². The number of thioether (sulfide) groups is 1. The third-order valence-corrected chi connectivity index (χ3v) is 4.01. The maximum Gasteiger partial charge on any atom is 0.306 e. The number of amides is 1. The molecule has 1 aromatic rings. The lowest BCUT2D eigenvalue weighted by atomic mass is 10.3. The molecule has 0 aromatic heterocycles. The van der Waals surface area contributed by atoms with Gasteiger partial charge in [-0.1, -0.05) is 25.1 Å². The summed E-state index contributed by atoms with van der Waals surface area (Å²) in [6.45, 7) is 4.51. The van der Waals surface area contributed by atoms with Gasteiger partial charge in [0.25, 0.3) is 0 Å². The van der Waals surface area contributed by atoms with E-state index in [0.29, 0.717) is 18.7 Å². The van der Waals surface area contributed by atoms with Gasteiger partial charge in [-0.15, -0.1) is 11.8 Å². The number of hydrogen-bond donors (Lipinski definition) is 0. The molecule has 0 aliphatic rings. The maximum absolute atomic E-state index is 12.2. The zero-order valence-corrected chi connectivity index (χ0v) is 13.0. The lowest BCUT2D eigenvalue weighted by molar-refractivity contribution is -0.140. The van der Waals surface area contributed by atoms with Crippen LogP contribution in [0.25, 0.3) is 0 Å². The van der Waals surface area contributed by atoms with Crippen molar-refractivity contribution in [1.29, 1.82) is 0 Å². The van der Waals surface area contributed by atoms with Crippen LogP contribution in [0.1, 0.15) is 20.3 Å². The summed E-state index contributed by atoms with van der Waals surface area (Å²) in [5.41, 5.74) is 0.904. The molecule has 0 aliphatic carbocycles. The molecule has 0 radical (unpaired) electrons. The average Bonchev–Trinajstić information content (AvgIpc) is 2.47. The average molecular weight is 295 g/mol. The first-order valence-corrected chi connectivity index (χ1v) is 7.67. The van der Waals surface area contributed by atoms with Gasteiger partial charge in [0.1, 0.15) is 0 Å². The Kier molecular flexibility index (Phi) is 7.15. The van der Waals surface area contributed by atoms with Crippen LogP contribution in [0.15, 0.2) is 30.3 Å². The number of esters is 1. The van der Waals surface area contributed by atoms with Crippen molar-refractivity contribution < 1.29 is 14.3 Å². The van der Waals surface area contributed by atoms with Gasteiger partial charge in [0.15, 0.2) is 0 Å². The summed E-state index contributed by atoms with van der Waals surface area (Å²) in [5, 5.41) is 0.0703. The van der Waals surface area contributed by atoms with Crippen molar-refractivity contribution in [3.8, 4) is 0 Å². The smallest absolute Gasteiger partial charge is 0.306 e. The third-order valence-electron chi connectivity index (χ3n) is 2.86. The fraction of sp³-hybridized carbons (Fsp3) is 0.467. The predicted molar refractivity (Wildman–Crippen MR) is 83.0 cm³/mol. The molecule has 0 bridgehead atoms. The van der Waals surface area contributed by atoms with Gasteiger partial charge in [0.2, 0.25) is 5.91 Å². The van der Waals surface area contributed by atoms with Crippen LogP contribution in [0.2, 0.25) is 0 Å². The number of ether oxygens (including phenoxy) is 1. The molecule has 0 heterocycles.